The van der Waals surface area contributed by atoms with Crippen molar-refractivity contribution in [2.24, 2.45) is 0 Å². The first kappa shape index (κ1) is 12.4. The molecule has 3 N–H and O–H groups in total. The van der Waals surface area contributed by atoms with Crippen molar-refractivity contribution in [2.75, 3.05) is 13.2 Å². The van der Waals surface area contributed by atoms with Crippen LogP contribution in [0.5, 0.6) is 0 Å². The first-order valence-electron chi connectivity index (χ1n) is 4.48. The van der Waals surface area contributed by atoms with E-state index < -0.39 is 5.54 Å². The minimum atomic E-state index is -0.683. The van der Waals surface area contributed by atoms with E-state index >= 15 is 0 Å². The highest BCUT2D eigenvalue weighted by atomic mass is 16.3. The zero-order valence-corrected chi connectivity index (χ0v) is 8.25. The molecule has 0 bridgehead atoms. The molecule has 0 rings (SSSR count). The molecule has 0 aromatic carbocycles. The molecule has 0 aromatic rings. The standard InChI is InChI=1S/C9H18N2O2/c1-3-8(4-5-10)11-9(2,6-12)7-13/h8,11-13H,3-4,6-7H2,1-2H3. The molecule has 4 heteroatoms. The second-order valence-electron chi connectivity index (χ2n) is 3.49. The van der Waals surface area contributed by atoms with Crippen LogP contribution in [0.1, 0.15) is 26.7 Å². The molecule has 0 aliphatic heterocycles. The Hall–Kier alpha value is -0.630. The largest absolute Gasteiger partial charge is 0.394 e. The number of hydrogen-bond acceptors (Lipinski definition) is 4. The van der Waals surface area contributed by atoms with E-state index in [0.717, 1.165) is 6.42 Å². The molecule has 13 heavy (non-hydrogen) atoms. The van der Waals surface area contributed by atoms with E-state index in [0.29, 0.717) is 6.42 Å². The third-order valence-corrected chi connectivity index (χ3v) is 2.08. The number of hydrogen-bond donors (Lipinski definition) is 3. The smallest absolute Gasteiger partial charge is 0.0638 e. The predicted octanol–water partition coefficient (Wildman–Crippen LogP) is 0.0116. The Labute approximate surface area is 79.2 Å². The molecule has 0 amide bonds. The summed E-state index contributed by atoms with van der Waals surface area (Å²) < 4.78 is 0. The summed E-state index contributed by atoms with van der Waals surface area (Å²) in [5.41, 5.74) is -0.683. The molecular formula is C9H18N2O2. The van der Waals surface area contributed by atoms with Crippen molar-refractivity contribution in [1.82, 2.24) is 5.32 Å². The van der Waals surface area contributed by atoms with Crippen molar-refractivity contribution < 1.29 is 10.2 Å². The highest BCUT2D eigenvalue weighted by Crippen LogP contribution is 2.06. The van der Waals surface area contributed by atoms with Gasteiger partial charge in [0.25, 0.3) is 0 Å². The van der Waals surface area contributed by atoms with Crippen LogP contribution in [0.2, 0.25) is 0 Å². The molecule has 0 aliphatic carbocycles. The van der Waals surface area contributed by atoms with Crippen molar-refractivity contribution in [1.29, 1.82) is 5.26 Å². The molecule has 4 nitrogen and oxygen atoms in total. The Bertz CT molecular complexity index is 173. The second-order valence-corrected chi connectivity index (χ2v) is 3.49. The molecule has 76 valence electrons. The summed E-state index contributed by atoms with van der Waals surface area (Å²) in [5, 5.41) is 29.5. The lowest BCUT2D eigenvalue weighted by atomic mass is 10.0. The van der Waals surface area contributed by atoms with Gasteiger partial charge in [0.15, 0.2) is 0 Å². The quantitative estimate of drug-likeness (QED) is 0.546. The van der Waals surface area contributed by atoms with E-state index in [4.69, 9.17) is 15.5 Å². The van der Waals surface area contributed by atoms with E-state index in [1.165, 1.54) is 0 Å². The van der Waals surface area contributed by atoms with Crippen LogP contribution >= 0.6 is 0 Å². The summed E-state index contributed by atoms with van der Waals surface area (Å²) in [5.74, 6) is 0. The Morgan fingerprint density at radius 2 is 2.00 bits per heavy atom. The summed E-state index contributed by atoms with van der Waals surface area (Å²) in [6.07, 6.45) is 1.20. The molecule has 0 radical (unpaired) electrons. The van der Waals surface area contributed by atoms with E-state index in [9.17, 15) is 0 Å². The van der Waals surface area contributed by atoms with Gasteiger partial charge in [-0.25, -0.2) is 0 Å². The average Bonchev–Trinajstić information content (AvgIpc) is 2.17. The van der Waals surface area contributed by atoms with E-state index in [-0.39, 0.29) is 19.3 Å². The first-order chi connectivity index (χ1) is 6.11. The zero-order chi connectivity index (χ0) is 10.3. The van der Waals surface area contributed by atoms with Crippen LogP contribution in [0.4, 0.5) is 0 Å². The first-order valence-corrected chi connectivity index (χ1v) is 4.48. The van der Waals surface area contributed by atoms with Crippen LogP contribution in [0.25, 0.3) is 0 Å². The molecular weight excluding hydrogens is 168 g/mol. The lowest BCUT2D eigenvalue weighted by Gasteiger charge is -2.30. The highest BCUT2D eigenvalue weighted by molar-refractivity contribution is 4.89. The molecule has 0 saturated heterocycles. The van der Waals surface area contributed by atoms with Gasteiger partial charge >= 0.3 is 0 Å². The fourth-order valence-corrected chi connectivity index (χ4v) is 1.04. The molecule has 0 spiro atoms. The van der Waals surface area contributed by atoms with Crippen LogP contribution < -0.4 is 5.32 Å². The van der Waals surface area contributed by atoms with Gasteiger partial charge < -0.3 is 15.5 Å². The number of nitriles is 1. The van der Waals surface area contributed by atoms with Crippen LogP contribution in [-0.4, -0.2) is 35.0 Å². The summed E-state index contributed by atoms with van der Waals surface area (Å²) in [6, 6.07) is 2.10. The van der Waals surface area contributed by atoms with Crippen LogP contribution in [0.3, 0.4) is 0 Å². The number of nitrogens with zero attached hydrogens (tertiary/aromatic N) is 1. The molecule has 1 unspecified atom stereocenters. The van der Waals surface area contributed by atoms with Crippen molar-refractivity contribution >= 4 is 0 Å². The second kappa shape index (κ2) is 5.92. The number of aliphatic hydroxyl groups excluding tert-OH is 2. The van der Waals surface area contributed by atoms with E-state index in [1.54, 1.807) is 6.92 Å². The van der Waals surface area contributed by atoms with E-state index in [1.807, 2.05) is 6.92 Å². The van der Waals surface area contributed by atoms with Gasteiger partial charge in [0.05, 0.1) is 31.2 Å². The zero-order valence-electron chi connectivity index (χ0n) is 8.25. The van der Waals surface area contributed by atoms with Gasteiger partial charge in [0, 0.05) is 6.04 Å². The topological polar surface area (TPSA) is 76.3 Å². The fraction of sp³-hybridized carbons (Fsp3) is 0.889. The third-order valence-electron chi connectivity index (χ3n) is 2.08. The maximum Gasteiger partial charge on any atom is 0.0638 e. The molecule has 1 atom stereocenters. The fourth-order valence-electron chi connectivity index (χ4n) is 1.04. The van der Waals surface area contributed by atoms with Crippen LogP contribution in [-0.2, 0) is 0 Å². The molecule has 0 aromatic heterocycles. The van der Waals surface area contributed by atoms with Gasteiger partial charge in [-0.05, 0) is 13.3 Å². The normalized spacial score (nSPS) is 13.8. The van der Waals surface area contributed by atoms with Gasteiger partial charge in [0.2, 0.25) is 0 Å². The summed E-state index contributed by atoms with van der Waals surface area (Å²) in [4.78, 5) is 0. The predicted molar refractivity (Wildman–Crippen MR) is 50.0 cm³/mol. The SMILES string of the molecule is CCC(CC#N)NC(C)(CO)CO. The molecule has 0 saturated carbocycles. The van der Waals surface area contributed by atoms with E-state index in [2.05, 4.69) is 11.4 Å². The van der Waals surface area contributed by atoms with Crippen molar-refractivity contribution in [3.63, 3.8) is 0 Å². The van der Waals surface area contributed by atoms with Gasteiger partial charge in [-0.15, -0.1) is 0 Å². The molecule has 0 aliphatic rings. The van der Waals surface area contributed by atoms with Gasteiger partial charge in [-0.1, -0.05) is 6.92 Å². The number of aliphatic hydroxyl groups is 2. The summed E-state index contributed by atoms with van der Waals surface area (Å²) in [7, 11) is 0. The minimum Gasteiger partial charge on any atom is -0.394 e. The van der Waals surface area contributed by atoms with Crippen molar-refractivity contribution in [3.8, 4) is 6.07 Å². The minimum absolute atomic E-state index is 0.0364. The van der Waals surface area contributed by atoms with Crippen molar-refractivity contribution in [3.05, 3.63) is 0 Å². The average molecular weight is 186 g/mol. The van der Waals surface area contributed by atoms with Crippen LogP contribution in [0.15, 0.2) is 0 Å². The molecule has 0 heterocycles. The third kappa shape index (κ3) is 4.23. The lowest BCUT2D eigenvalue weighted by molar-refractivity contribution is 0.0937. The Kier molecular flexibility index (Phi) is 5.63. The monoisotopic (exact) mass is 186 g/mol. The maximum atomic E-state index is 8.99. The Morgan fingerprint density at radius 1 is 1.46 bits per heavy atom. The van der Waals surface area contributed by atoms with Gasteiger partial charge in [-0.3, -0.25) is 0 Å². The lowest BCUT2D eigenvalue weighted by Crippen LogP contribution is -2.53. The highest BCUT2D eigenvalue weighted by Gasteiger charge is 2.24. The van der Waals surface area contributed by atoms with Crippen LogP contribution in [0, 0.1) is 11.3 Å². The van der Waals surface area contributed by atoms with Gasteiger partial charge in [0.1, 0.15) is 0 Å². The number of nitrogens with one attached hydrogen (secondary N) is 1. The Morgan fingerprint density at radius 3 is 2.31 bits per heavy atom. The van der Waals surface area contributed by atoms with Gasteiger partial charge in [-0.2, -0.15) is 5.26 Å². The number of rotatable bonds is 6. The summed E-state index contributed by atoms with van der Waals surface area (Å²) >= 11 is 0. The maximum absolute atomic E-state index is 8.99. The summed E-state index contributed by atoms with van der Waals surface area (Å²) in [6.45, 7) is 3.42. The van der Waals surface area contributed by atoms with Crippen molar-refractivity contribution in [2.45, 2.75) is 38.3 Å². The Balaban J connectivity index is 4.12. The molecule has 0 fully saturated rings.